The molecule has 1 heterocycles. The molecule has 3 amide bonds. The summed E-state index contributed by atoms with van der Waals surface area (Å²) in [5, 5.41) is 0. The van der Waals surface area contributed by atoms with E-state index in [0.717, 1.165) is 53.2 Å². The zero-order valence-corrected chi connectivity index (χ0v) is 36.0. The summed E-state index contributed by atoms with van der Waals surface area (Å²) in [4.78, 5) is 52.3. The number of ether oxygens (including phenoxy) is 1. The number of nitrogens with zero attached hydrogens (tertiary/aromatic N) is 6. The third-order valence-electron chi connectivity index (χ3n) is 10.8. The summed E-state index contributed by atoms with van der Waals surface area (Å²) in [5.74, 6) is 0.204. The van der Waals surface area contributed by atoms with Crippen LogP contribution < -0.4 is 9.64 Å². The molecule has 0 radical (unpaired) electrons. The van der Waals surface area contributed by atoms with Gasteiger partial charge in [-0.15, -0.1) is 0 Å². The van der Waals surface area contributed by atoms with Crippen LogP contribution in [0.5, 0.6) is 5.75 Å². The van der Waals surface area contributed by atoms with Crippen LogP contribution in [0.15, 0.2) is 109 Å². The van der Waals surface area contributed by atoms with Crippen LogP contribution in [0, 0.1) is 0 Å². The molecule has 0 N–H and O–H groups in total. The van der Waals surface area contributed by atoms with Gasteiger partial charge in [0.25, 0.3) is 0 Å². The Balaban J connectivity index is 1.33. The number of halogens is 3. The van der Waals surface area contributed by atoms with Crippen LogP contribution in [0.3, 0.4) is 0 Å². The molecule has 326 valence electrons. The van der Waals surface area contributed by atoms with E-state index in [0.29, 0.717) is 58.0 Å². The minimum atomic E-state index is -4.48. The zero-order chi connectivity index (χ0) is 43.9. The van der Waals surface area contributed by atoms with Gasteiger partial charge < -0.3 is 34.1 Å². The number of benzene rings is 4. The molecular weight excluding hydrogens is 782 g/mol. The number of likely N-dealkylation sites (N-methyl/N-ethyl adjacent to an activating group) is 2. The Morgan fingerprint density at radius 3 is 1.97 bits per heavy atom. The van der Waals surface area contributed by atoms with Crippen molar-refractivity contribution in [2.24, 2.45) is 0 Å². The van der Waals surface area contributed by atoms with Crippen molar-refractivity contribution in [2.75, 3.05) is 85.5 Å². The Bertz CT molecular complexity index is 2020. The van der Waals surface area contributed by atoms with Gasteiger partial charge in [0.2, 0.25) is 17.7 Å². The van der Waals surface area contributed by atoms with E-state index in [9.17, 15) is 27.6 Å². The Morgan fingerprint density at radius 1 is 0.738 bits per heavy atom. The van der Waals surface area contributed by atoms with Gasteiger partial charge in [-0.25, -0.2) is 0 Å². The molecule has 0 aliphatic carbocycles. The molecule has 1 aliphatic heterocycles. The molecule has 0 bridgehead atoms. The molecule has 1 atom stereocenters. The second-order valence-corrected chi connectivity index (χ2v) is 15.9. The lowest BCUT2D eigenvalue weighted by Gasteiger charge is -2.36. The highest BCUT2D eigenvalue weighted by molar-refractivity contribution is 5.95. The molecule has 4 aromatic rings. The molecule has 0 aromatic heterocycles. The number of hydrogen-bond donors (Lipinski definition) is 0. The van der Waals surface area contributed by atoms with Crippen molar-refractivity contribution in [3.05, 3.63) is 137 Å². The van der Waals surface area contributed by atoms with E-state index >= 15 is 0 Å². The smallest absolute Gasteiger partial charge is 0.416 e. The molecule has 61 heavy (non-hydrogen) atoms. The monoisotopic (exact) mass is 840 g/mol. The molecule has 4 aromatic carbocycles. The van der Waals surface area contributed by atoms with Crippen molar-refractivity contribution < 1.29 is 32.3 Å². The molecule has 1 aliphatic rings. The maximum absolute atomic E-state index is 14.6. The average Bonchev–Trinajstić information content (AvgIpc) is 3.25. The molecule has 1 unspecified atom stereocenters. The molecule has 0 spiro atoms. The number of carbonyl (C=O) groups excluding carboxylic acids is 3. The van der Waals surface area contributed by atoms with E-state index in [2.05, 4.69) is 14.7 Å². The Hall–Kier alpha value is -5.66. The lowest BCUT2D eigenvalue weighted by molar-refractivity contribution is -0.143. The maximum atomic E-state index is 14.6. The van der Waals surface area contributed by atoms with Crippen LogP contribution in [0.1, 0.15) is 41.2 Å². The second-order valence-electron chi connectivity index (χ2n) is 15.9. The summed E-state index contributed by atoms with van der Waals surface area (Å²) in [6.45, 7) is 7.62. The fraction of sp³-hybridized carbons (Fsp3) is 0.396. The molecule has 10 nitrogen and oxygen atoms in total. The summed E-state index contributed by atoms with van der Waals surface area (Å²) >= 11 is 0. The van der Waals surface area contributed by atoms with Crippen molar-refractivity contribution in [1.82, 2.24) is 24.5 Å². The Morgan fingerprint density at radius 2 is 1.36 bits per heavy atom. The first-order valence-electron chi connectivity index (χ1n) is 20.8. The zero-order valence-electron chi connectivity index (χ0n) is 36.0. The summed E-state index contributed by atoms with van der Waals surface area (Å²) in [6.07, 6.45) is -0.485. The Labute approximate surface area is 358 Å². The van der Waals surface area contributed by atoms with Gasteiger partial charge in [-0.2, -0.15) is 13.2 Å². The maximum Gasteiger partial charge on any atom is 0.416 e. The number of hydrogen-bond acceptors (Lipinski definition) is 7. The summed E-state index contributed by atoms with van der Waals surface area (Å²) in [6, 6.07) is 29.1. The standard InChI is InChI=1S/C48H59F3N6O4/c1-37(58)55-29-31-56(32-30-55)43-21-14-41(15-22-43)36-57(46(59)25-18-38-12-19-42(20-13-38)48(49,50)51)45(34-39-10-7-6-8-11-39)47(60)54(5)28-27-53(4)35-40-16-23-44(24-17-40)61-33-9-26-52(2)3/h6-8,10-25,45H,9,26-36H2,1-5H3. The number of alkyl halides is 3. The van der Waals surface area contributed by atoms with E-state index in [1.165, 1.54) is 24.3 Å². The first-order valence-corrected chi connectivity index (χ1v) is 20.8. The molecule has 13 heteroatoms. The lowest BCUT2D eigenvalue weighted by Crippen LogP contribution is -2.51. The van der Waals surface area contributed by atoms with E-state index in [1.807, 2.05) is 105 Å². The fourth-order valence-corrected chi connectivity index (χ4v) is 7.18. The molecular formula is C48H59F3N6O4. The van der Waals surface area contributed by atoms with Crippen LogP contribution in [0.4, 0.5) is 18.9 Å². The van der Waals surface area contributed by atoms with Gasteiger partial charge in [0.1, 0.15) is 11.8 Å². The van der Waals surface area contributed by atoms with E-state index in [1.54, 1.807) is 23.8 Å². The fourth-order valence-electron chi connectivity index (χ4n) is 7.18. The van der Waals surface area contributed by atoms with Crippen molar-refractivity contribution in [3.8, 4) is 5.75 Å². The number of rotatable bonds is 19. The van der Waals surface area contributed by atoms with Gasteiger partial charge in [-0.05, 0) is 92.3 Å². The van der Waals surface area contributed by atoms with Crippen molar-refractivity contribution in [1.29, 1.82) is 0 Å². The van der Waals surface area contributed by atoms with Gasteiger partial charge in [0.05, 0.1) is 12.2 Å². The van der Waals surface area contributed by atoms with Crippen molar-refractivity contribution >= 4 is 29.5 Å². The van der Waals surface area contributed by atoms with Gasteiger partial charge in [0, 0.05) is 91.1 Å². The van der Waals surface area contributed by atoms with E-state index < -0.39 is 23.7 Å². The average molecular weight is 841 g/mol. The lowest BCUT2D eigenvalue weighted by atomic mass is 10.0. The van der Waals surface area contributed by atoms with Gasteiger partial charge >= 0.3 is 6.18 Å². The highest BCUT2D eigenvalue weighted by Crippen LogP contribution is 2.29. The van der Waals surface area contributed by atoms with Crippen LogP contribution in [-0.2, 0) is 40.1 Å². The third-order valence-corrected chi connectivity index (χ3v) is 10.8. The molecule has 5 rings (SSSR count). The topological polar surface area (TPSA) is 79.9 Å². The molecule has 1 fully saturated rings. The van der Waals surface area contributed by atoms with Crippen LogP contribution >= 0.6 is 0 Å². The summed E-state index contributed by atoms with van der Waals surface area (Å²) < 4.78 is 45.7. The largest absolute Gasteiger partial charge is 0.494 e. The quantitative estimate of drug-likeness (QED) is 0.0748. The van der Waals surface area contributed by atoms with E-state index in [-0.39, 0.29) is 24.8 Å². The van der Waals surface area contributed by atoms with Gasteiger partial charge in [0.15, 0.2) is 0 Å². The normalized spacial score (nSPS) is 13.8. The highest BCUT2D eigenvalue weighted by Gasteiger charge is 2.32. The predicted octanol–water partition coefficient (Wildman–Crippen LogP) is 6.95. The number of amides is 3. The minimum absolute atomic E-state index is 0.0584. The van der Waals surface area contributed by atoms with Crippen LogP contribution in [0.25, 0.3) is 6.08 Å². The second kappa shape index (κ2) is 22.3. The summed E-state index contributed by atoms with van der Waals surface area (Å²) in [7, 11) is 7.83. The van der Waals surface area contributed by atoms with Gasteiger partial charge in [-0.1, -0.05) is 66.7 Å². The molecule has 1 saturated heterocycles. The minimum Gasteiger partial charge on any atom is -0.494 e. The van der Waals surface area contributed by atoms with Crippen molar-refractivity contribution in [2.45, 2.75) is 45.1 Å². The highest BCUT2D eigenvalue weighted by atomic mass is 19.4. The van der Waals surface area contributed by atoms with Crippen molar-refractivity contribution in [3.63, 3.8) is 0 Å². The Kier molecular flexibility index (Phi) is 16.9. The number of anilines is 1. The SMILES string of the molecule is CC(=O)N1CCN(c2ccc(CN(C(=O)C=Cc3ccc(C(F)(F)F)cc3)C(Cc3ccccc3)C(=O)N(C)CCN(C)Cc3ccc(OCCCN(C)C)cc3)cc2)CC1. The first-order chi connectivity index (χ1) is 29.2. The molecule has 0 saturated carbocycles. The number of piperazine rings is 1. The number of carbonyl (C=O) groups is 3. The van der Waals surface area contributed by atoms with E-state index in [4.69, 9.17) is 4.74 Å². The first kappa shape index (κ1) is 46.4. The summed E-state index contributed by atoms with van der Waals surface area (Å²) in [5.41, 5.74) is 3.43. The van der Waals surface area contributed by atoms with Gasteiger partial charge in [-0.3, -0.25) is 14.4 Å². The third kappa shape index (κ3) is 14.5. The van der Waals surface area contributed by atoms with Crippen LogP contribution in [-0.4, -0.2) is 129 Å². The van der Waals surface area contributed by atoms with Crippen LogP contribution in [0.2, 0.25) is 0 Å². The predicted molar refractivity (Wildman–Crippen MR) is 235 cm³/mol.